The van der Waals surface area contributed by atoms with Gasteiger partial charge in [0, 0.05) is 19.6 Å². The largest absolute Gasteiger partial charge is 0.465 e. The van der Waals surface area contributed by atoms with Crippen LogP contribution in [-0.2, 0) is 23.8 Å². The number of rotatable bonds is 4. The molecule has 0 spiro atoms. The van der Waals surface area contributed by atoms with Crippen LogP contribution < -0.4 is 0 Å². The number of piperazine rings is 1. The van der Waals surface area contributed by atoms with E-state index in [2.05, 4.69) is 0 Å². The zero-order chi connectivity index (χ0) is 20.1. The summed E-state index contributed by atoms with van der Waals surface area (Å²) >= 11 is 0. The lowest BCUT2D eigenvalue weighted by Gasteiger charge is -2.40. The molecule has 0 aromatic heterocycles. The zero-order valence-corrected chi connectivity index (χ0v) is 17.0. The molecule has 150 valence electrons. The highest BCUT2D eigenvalue weighted by molar-refractivity contribution is 5.82. The lowest BCUT2D eigenvalue weighted by Crippen LogP contribution is -2.60. The number of amides is 1. The predicted octanol–water partition coefficient (Wildman–Crippen LogP) is 1.81. The summed E-state index contributed by atoms with van der Waals surface area (Å²) in [4.78, 5) is 40.0. The van der Waals surface area contributed by atoms with Gasteiger partial charge in [-0.25, -0.2) is 9.59 Å². The van der Waals surface area contributed by atoms with Gasteiger partial charge in [0.25, 0.3) is 0 Å². The Bertz CT molecular complexity index is 521. The van der Waals surface area contributed by atoms with Gasteiger partial charge < -0.3 is 14.2 Å². The Balaban J connectivity index is 2.90. The van der Waals surface area contributed by atoms with Crippen LogP contribution in [0.1, 0.15) is 48.5 Å². The second-order valence-electron chi connectivity index (χ2n) is 8.26. The molecule has 1 saturated heterocycles. The summed E-state index contributed by atoms with van der Waals surface area (Å²) < 4.78 is 15.8. The van der Waals surface area contributed by atoms with Crippen molar-refractivity contribution in [3.05, 3.63) is 0 Å². The second-order valence-corrected chi connectivity index (χ2v) is 8.26. The van der Waals surface area contributed by atoms with Gasteiger partial charge in [-0.2, -0.15) is 0 Å². The molecule has 0 unspecified atom stereocenters. The van der Waals surface area contributed by atoms with Crippen molar-refractivity contribution in [2.45, 2.75) is 65.7 Å². The van der Waals surface area contributed by atoms with Gasteiger partial charge in [-0.05, 0) is 48.5 Å². The minimum absolute atomic E-state index is 0.0648. The molecule has 0 aromatic rings. The minimum atomic E-state index is -0.841. The maximum atomic E-state index is 12.6. The molecule has 1 rings (SSSR count). The summed E-state index contributed by atoms with van der Waals surface area (Å²) in [7, 11) is 0. The summed E-state index contributed by atoms with van der Waals surface area (Å²) in [6.07, 6.45) is -0.566. The van der Waals surface area contributed by atoms with Gasteiger partial charge >= 0.3 is 18.0 Å². The molecule has 1 heterocycles. The van der Waals surface area contributed by atoms with E-state index in [0.717, 1.165) is 0 Å². The van der Waals surface area contributed by atoms with E-state index in [-0.39, 0.29) is 25.6 Å². The minimum Gasteiger partial charge on any atom is -0.465 e. The molecule has 0 bridgehead atoms. The van der Waals surface area contributed by atoms with Crippen molar-refractivity contribution < 1.29 is 28.6 Å². The predicted molar refractivity (Wildman–Crippen MR) is 95.6 cm³/mol. The average molecular weight is 372 g/mol. The lowest BCUT2D eigenvalue weighted by atomic mass is 10.1. The number of carbonyl (C=O) groups is 3. The van der Waals surface area contributed by atoms with Crippen molar-refractivity contribution in [3.63, 3.8) is 0 Å². The van der Waals surface area contributed by atoms with E-state index in [0.29, 0.717) is 13.2 Å². The van der Waals surface area contributed by atoms with Crippen LogP contribution in [0.4, 0.5) is 4.79 Å². The molecule has 0 aliphatic carbocycles. The normalized spacial score (nSPS) is 19.0. The van der Waals surface area contributed by atoms with Crippen LogP contribution in [0.25, 0.3) is 0 Å². The van der Waals surface area contributed by atoms with E-state index in [1.165, 1.54) is 4.90 Å². The first-order chi connectivity index (χ1) is 11.8. The van der Waals surface area contributed by atoms with Crippen LogP contribution in [0, 0.1) is 0 Å². The van der Waals surface area contributed by atoms with Crippen LogP contribution in [0.5, 0.6) is 0 Å². The van der Waals surface area contributed by atoms with E-state index in [9.17, 15) is 14.4 Å². The Kier molecular flexibility index (Phi) is 7.44. The van der Waals surface area contributed by atoms with E-state index in [4.69, 9.17) is 14.2 Å². The molecular weight excluding hydrogens is 340 g/mol. The number of ether oxygens (including phenoxy) is 3. The topological polar surface area (TPSA) is 85.4 Å². The zero-order valence-electron chi connectivity index (χ0n) is 17.0. The maximum absolute atomic E-state index is 12.6. The summed E-state index contributed by atoms with van der Waals surface area (Å²) in [5, 5.41) is 0. The standard InChI is InChI=1S/C18H32N2O6/c1-8-24-14(21)12-19-9-10-20(16(23)26-18(5,6)7)13(11-19)15(22)25-17(2,3)4/h13H,8-12H2,1-7H3/t13-/m0/s1. The van der Waals surface area contributed by atoms with E-state index < -0.39 is 29.3 Å². The number of hydrogen-bond acceptors (Lipinski definition) is 7. The van der Waals surface area contributed by atoms with Gasteiger partial charge in [-0.3, -0.25) is 14.6 Å². The molecule has 8 nitrogen and oxygen atoms in total. The van der Waals surface area contributed by atoms with Gasteiger partial charge in [0.05, 0.1) is 13.2 Å². The molecule has 1 atom stereocenters. The van der Waals surface area contributed by atoms with Crippen LogP contribution in [-0.4, -0.2) is 77.9 Å². The molecular formula is C18H32N2O6. The molecule has 8 heteroatoms. The van der Waals surface area contributed by atoms with Crippen LogP contribution >= 0.6 is 0 Å². The number of esters is 2. The Morgan fingerprint density at radius 1 is 0.962 bits per heavy atom. The second kappa shape index (κ2) is 8.70. The summed E-state index contributed by atoms with van der Waals surface area (Å²) in [6.45, 7) is 13.6. The first-order valence-electron chi connectivity index (χ1n) is 8.93. The SMILES string of the molecule is CCOC(=O)CN1CCN(C(=O)OC(C)(C)C)[C@H](C(=O)OC(C)(C)C)C1. The Morgan fingerprint density at radius 2 is 1.54 bits per heavy atom. The third kappa shape index (κ3) is 7.59. The molecule has 0 N–H and O–H groups in total. The van der Waals surface area contributed by atoms with Gasteiger partial charge in [0.1, 0.15) is 17.2 Å². The van der Waals surface area contributed by atoms with Crippen molar-refractivity contribution in [1.82, 2.24) is 9.80 Å². The fourth-order valence-corrected chi connectivity index (χ4v) is 2.48. The smallest absolute Gasteiger partial charge is 0.411 e. The molecule has 0 aromatic carbocycles. The molecule has 26 heavy (non-hydrogen) atoms. The Hall–Kier alpha value is -1.83. The van der Waals surface area contributed by atoms with Gasteiger partial charge in [0.2, 0.25) is 0 Å². The first-order valence-corrected chi connectivity index (χ1v) is 8.93. The van der Waals surface area contributed by atoms with E-state index >= 15 is 0 Å². The van der Waals surface area contributed by atoms with Crippen LogP contribution in [0.2, 0.25) is 0 Å². The summed E-state index contributed by atoms with van der Waals surface area (Å²) in [5.41, 5.74) is -1.35. The van der Waals surface area contributed by atoms with Gasteiger partial charge in [-0.1, -0.05) is 0 Å². The maximum Gasteiger partial charge on any atom is 0.411 e. The van der Waals surface area contributed by atoms with Crippen molar-refractivity contribution in [1.29, 1.82) is 0 Å². The van der Waals surface area contributed by atoms with Crippen molar-refractivity contribution >= 4 is 18.0 Å². The number of nitrogens with zero attached hydrogens (tertiary/aromatic N) is 2. The highest BCUT2D eigenvalue weighted by Gasteiger charge is 2.40. The van der Waals surface area contributed by atoms with Crippen molar-refractivity contribution in [2.24, 2.45) is 0 Å². The lowest BCUT2D eigenvalue weighted by molar-refractivity contribution is -0.164. The number of hydrogen-bond donors (Lipinski definition) is 0. The fourth-order valence-electron chi connectivity index (χ4n) is 2.48. The highest BCUT2D eigenvalue weighted by atomic mass is 16.6. The molecule has 1 fully saturated rings. The van der Waals surface area contributed by atoms with E-state index in [1.807, 2.05) is 0 Å². The molecule has 0 saturated carbocycles. The molecule has 0 radical (unpaired) electrons. The fraction of sp³-hybridized carbons (Fsp3) is 0.833. The Labute approximate surface area is 155 Å². The average Bonchev–Trinajstić information content (AvgIpc) is 2.43. The quantitative estimate of drug-likeness (QED) is 0.549. The van der Waals surface area contributed by atoms with Gasteiger partial charge in [-0.15, -0.1) is 0 Å². The number of carbonyl (C=O) groups excluding carboxylic acids is 3. The van der Waals surface area contributed by atoms with Crippen LogP contribution in [0.15, 0.2) is 0 Å². The third-order valence-electron chi connectivity index (χ3n) is 3.43. The Morgan fingerprint density at radius 3 is 2.04 bits per heavy atom. The van der Waals surface area contributed by atoms with Gasteiger partial charge in [0.15, 0.2) is 0 Å². The molecule has 1 aliphatic heterocycles. The third-order valence-corrected chi connectivity index (χ3v) is 3.43. The monoisotopic (exact) mass is 372 g/mol. The van der Waals surface area contributed by atoms with Crippen molar-refractivity contribution in [2.75, 3.05) is 32.8 Å². The molecule has 1 aliphatic rings. The summed E-state index contributed by atoms with van der Waals surface area (Å²) in [6, 6.07) is -0.841. The first kappa shape index (κ1) is 22.2. The summed E-state index contributed by atoms with van der Waals surface area (Å²) in [5.74, 6) is -0.877. The molecule has 1 amide bonds. The van der Waals surface area contributed by atoms with E-state index in [1.54, 1.807) is 53.4 Å². The van der Waals surface area contributed by atoms with Crippen LogP contribution in [0.3, 0.4) is 0 Å². The van der Waals surface area contributed by atoms with Crippen molar-refractivity contribution in [3.8, 4) is 0 Å². The highest BCUT2D eigenvalue weighted by Crippen LogP contribution is 2.19.